The second-order valence-electron chi connectivity index (χ2n) is 3.80. The normalized spacial score (nSPS) is 11.6. The largest absolute Gasteiger partial charge is 0.307 e. The monoisotopic (exact) mass is 317 g/mol. The molecule has 20 heavy (non-hydrogen) atoms. The smallest absolute Gasteiger partial charge is 0.242 e. The van der Waals surface area contributed by atoms with Crippen molar-refractivity contribution in [3.8, 4) is 0 Å². The topological polar surface area (TPSA) is 128 Å². The predicted octanol–water partition coefficient (Wildman–Crippen LogP) is -0.372. The summed E-state index contributed by atoms with van der Waals surface area (Å²) in [6, 6.07) is 1.25. The minimum absolute atomic E-state index is 0.0301. The van der Waals surface area contributed by atoms with Crippen LogP contribution in [-0.2, 0) is 23.6 Å². The molecule has 9 nitrogen and oxygen atoms in total. The lowest BCUT2D eigenvalue weighted by molar-refractivity contribution is 0.578. The van der Waals surface area contributed by atoms with Crippen LogP contribution in [0.1, 0.15) is 5.82 Å². The van der Waals surface area contributed by atoms with Crippen molar-refractivity contribution >= 4 is 27.4 Å². The Bertz CT molecular complexity index is 715. The summed E-state index contributed by atoms with van der Waals surface area (Å²) < 4.78 is 27.9. The third kappa shape index (κ3) is 3.22. The van der Waals surface area contributed by atoms with Gasteiger partial charge >= 0.3 is 0 Å². The maximum Gasteiger partial charge on any atom is 0.242 e. The van der Waals surface area contributed by atoms with Gasteiger partial charge in [0.15, 0.2) is 11.6 Å². The van der Waals surface area contributed by atoms with E-state index in [4.69, 9.17) is 17.4 Å². The third-order valence-electron chi connectivity index (χ3n) is 2.33. The molecule has 0 amide bonds. The molecule has 11 heteroatoms. The summed E-state index contributed by atoms with van der Waals surface area (Å²) in [5.41, 5.74) is 2.25. The van der Waals surface area contributed by atoms with Gasteiger partial charge in [-0.25, -0.2) is 29.0 Å². The van der Waals surface area contributed by atoms with Crippen LogP contribution in [0.25, 0.3) is 0 Å². The number of aromatic nitrogens is 4. The molecule has 0 atom stereocenters. The number of aryl methyl sites for hydroxylation is 1. The Morgan fingerprint density at radius 3 is 2.75 bits per heavy atom. The van der Waals surface area contributed by atoms with Crippen LogP contribution >= 0.6 is 11.6 Å². The molecule has 0 saturated carbocycles. The van der Waals surface area contributed by atoms with E-state index in [0.717, 1.165) is 6.20 Å². The molecule has 0 spiro atoms. The average Bonchev–Trinajstić information content (AvgIpc) is 2.82. The minimum atomic E-state index is -3.75. The molecule has 0 bridgehead atoms. The number of rotatable bonds is 5. The lowest BCUT2D eigenvalue weighted by Gasteiger charge is -2.07. The highest BCUT2D eigenvalue weighted by Crippen LogP contribution is 2.21. The number of pyridine rings is 1. The van der Waals surface area contributed by atoms with E-state index < -0.39 is 10.0 Å². The molecule has 0 aliphatic rings. The van der Waals surface area contributed by atoms with Gasteiger partial charge < -0.3 is 5.43 Å². The van der Waals surface area contributed by atoms with Crippen LogP contribution in [0.2, 0.25) is 5.02 Å². The zero-order valence-corrected chi connectivity index (χ0v) is 12.0. The maximum absolute atomic E-state index is 12.0. The summed E-state index contributed by atoms with van der Waals surface area (Å²) in [6.07, 6.45) is 2.62. The quantitative estimate of drug-likeness (QED) is 0.507. The highest BCUT2D eigenvalue weighted by atomic mass is 35.5. The number of sulfonamides is 1. The van der Waals surface area contributed by atoms with Crippen LogP contribution in [0, 0.1) is 0 Å². The fraction of sp³-hybridized carbons (Fsp3) is 0.222. The van der Waals surface area contributed by atoms with Crippen molar-refractivity contribution in [2.24, 2.45) is 12.9 Å². The molecule has 4 N–H and O–H groups in total. The van der Waals surface area contributed by atoms with Crippen molar-refractivity contribution in [2.45, 2.75) is 11.4 Å². The highest BCUT2D eigenvalue weighted by Gasteiger charge is 2.17. The molecule has 0 aromatic carbocycles. The summed E-state index contributed by atoms with van der Waals surface area (Å²) in [7, 11) is -2.06. The lowest BCUT2D eigenvalue weighted by Crippen LogP contribution is -2.24. The van der Waals surface area contributed by atoms with Crippen molar-refractivity contribution in [3.63, 3.8) is 0 Å². The van der Waals surface area contributed by atoms with Crippen molar-refractivity contribution in [1.29, 1.82) is 0 Å². The van der Waals surface area contributed by atoms with Crippen molar-refractivity contribution in [1.82, 2.24) is 24.5 Å². The number of nitrogen functional groups attached to an aromatic ring is 1. The van der Waals surface area contributed by atoms with Gasteiger partial charge in [-0.05, 0) is 6.07 Å². The van der Waals surface area contributed by atoms with Crippen LogP contribution in [0.5, 0.6) is 0 Å². The SMILES string of the molecule is Cn1cnc(CNS(=O)(=O)c2cnc(NN)c(Cl)c2)n1. The number of halogens is 1. The Kier molecular flexibility index (Phi) is 4.18. The standard InChI is InChI=1S/C9H12ClN7O2S/c1-17-5-13-8(16-17)4-14-20(18,19)6-2-7(10)9(15-11)12-3-6/h2-3,5,14H,4,11H2,1H3,(H,12,15). The summed E-state index contributed by atoms with van der Waals surface area (Å²) in [5, 5.41) is 4.07. The van der Waals surface area contributed by atoms with E-state index in [-0.39, 0.29) is 22.3 Å². The van der Waals surface area contributed by atoms with E-state index in [1.54, 1.807) is 7.05 Å². The second-order valence-corrected chi connectivity index (χ2v) is 5.98. The highest BCUT2D eigenvalue weighted by molar-refractivity contribution is 7.89. The molecule has 0 aliphatic heterocycles. The average molecular weight is 318 g/mol. The molecule has 0 fully saturated rings. The van der Waals surface area contributed by atoms with Gasteiger partial charge in [0.1, 0.15) is 11.2 Å². The molecule has 2 rings (SSSR count). The fourth-order valence-corrected chi connectivity index (χ4v) is 2.62. The summed E-state index contributed by atoms with van der Waals surface area (Å²) in [5.74, 6) is 5.71. The first kappa shape index (κ1) is 14.7. The Labute approximate surface area is 120 Å². The molecule has 2 heterocycles. The second kappa shape index (κ2) is 5.71. The third-order valence-corrected chi connectivity index (χ3v) is 3.99. The Balaban J connectivity index is 2.15. The van der Waals surface area contributed by atoms with Crippen LogP contribution in [0.15, 0.2) is 23.5 Å². The number of nitrogens with zero attached hydrogens (tertiary/aromatic N) is 4. The van der Waals surface area contributed by atoms with Gasteiger partial charge in [-0.2, -0.15) is 5.10 Å². The molecule has 0 aliphatic carbocycles. The summed E-state index contributed by atoms with van der Waals surface area (Å²) in [6.45, 7) is -0.0301. The van der Waals surface area contributed by atoms with E-state index in [9.17, 15) is 8.42 Å². The number of nitrogens with one attached hydrogen (secondary N) is 2. The first-order chi connectivity index (χ1) is 9.42. The van der Waals surface area contributed by atoms with Crippen LogP contribution < -0.4 is 16.0 Å². The van der Waals surface area contributed by atoms with Gasteiger partial charge in [0.25, 0.3) is 0 Å². The predicted molar refractivity (Wildman–Crippen MR) is 72.1 cm³/mol. The Morgan fingerprint density at radius 1 is 1.45 bits per heavy atom. The molecular weight excluding hydrogens is 306 g/mol. The van der Waals surface area contributed by atoms with Crippen LogP contribution in [-0.4, -0.2) is 28.2 Å². The van der Waals surface area contributed by atoms with Gasteiger partial charge in [0.05, 0.1) is 11.6 Å². The molecule has 108 valence electrons. The number of anilines is 1. The summed E-state index contributed by atoms with van der Waals surface area (Å²) in [4.78, 5) is 7.64. The van der Waals surface area contributed by atoms with Crippen molar-refractivity contribution in [3.05, 3.63) is 29.4 Å². The van der Waals surface area contributed by atoms with E-state index in [2.05, 4.69) is 25.2 Å². The molecule has 2 aromatic rings. The van der Waals surface area contributed by atoms with Crippen LogP contribution in [0.4, 0.5) is 5.82 Å². The van der Waals surface area contributed by atoms with Crippen LogP contribution in [0.3, 0.4) is 0 Å². The van der Waals surface area contributed by atoms with Gasteiger partial charge in [-0.1, -0.05) is 11.6 Å². The summed E-state index contributed by atoms with van der Waals surface area (Å²) >= 11 is 5.83. The van der Waals surface area contributed by atoms with Gasteiger partial charge in [0, 0.05) is 13.2 Å². The lowest BCUT2D eigenvalue weighted by atomic mass is 10.5. The zero-order valence-electron chi connectivity index (χ0n) is 10.4. The first-order valence-corrected chi connectivity index (χ1v) is 7.25. The Hall–Kier alpha value is -1.75. The van der Waals surface area contributed by atoms with Crippen molar-refractivity contribution < 1.29 is 8.42 Å². The van der Waals surface area contributed by atoms with Gasteiger partial charge in [-0.15, -0.1) is 0 Å². The first-order valence-electron chi connectivity index (χ1n) is 5.39. The number of nitrogens with two attached hydrogens (primary N) is 1. The van der Waals surface area contributed by atoms with E-state index in [1.807, 2.05) is 0 Å². The van der Waals surface area contributed by atoms with E-state index >= 15 is 0 Å². The van der Waals surface area contributed by atoms with E-state index in [1.165, 1.54) is 17.1 Å². The molecular formula is C9H12ClN7O2S. The Morgan fingerprint density at radius 2 is 2.20 bits per heavy atom. The van der Waals surface area contributed by atoms with Gasteiger partial charge in [-0.3, -0.25) is 4.68 Å². The van der Waals surface area contributed by atoms with E-state index in [0.29, 0.717) is 5.82 Å². The van der Waals surface area contributed by atoms with Gasteiger partial charge in [0.2, 0.25) is 10.0 Å². The number of hydrogen-bond acceptors (Lipinski definition) is 7. The fourth-order valence-electron chi connectivity index (χ4n) is 1.38. The molecule has 0 unspecified atom stereocenters. The molecule has 0 saturated heterocycles. The molecule has 0 radical (unpaired) electrons. The molecule has 2 aromatic heterocycles. The number of hydrogen-bond donors (Lipinski definition) is 3. The maximum atomic E-state index is 12.0. The zero-order chi connectivity index (χ0) is 14.8. The minimum Gasteiger partial charge on any atom is -0.307 e. The number of hydrazine groups is 1. The van der Waals surface area contributed by atoms with Crippen molar-refractivity contribution in [2.75, 3.05) is 5.43 Å².